The second-order valence-electron chi connectivity index (χ2n) is 7.72. The number of amides is 3. The number of anilines is 3. The van der Waals surface area contributed by atoms with E-state index in [1.54, 1.807) is 24.3 Å². The van der Waals surface area contributed by atoms with E-state index in [0.29, 0.717) is 23.0 Å². The lowest BCUT2D eigenvalue weighted by molar-refractivity contribution is -0.124. The Morgan fingerprint density at radius 2 is 1.68 bits per heavy atom. The summed E-state index contributed by atoms with van der Waals surface area (Å²) in [5, 5.41) is 2.35. The number of fused-ring (bicyclic) bond motifs is 2. The van der Waals surface area contributed by atoms with Crippen molar-refractivity contribution in [2.24, 2.45) is 0 Å². The van der Waals surface area contributed by atoms with Crippen LogP contribution in [0.4, 0.5) is 30.2 Å². The van der Waals surface area contributed by atoms with Gasteiger partial charge >= 0.3 is 0 Å². The lowest BCUT2D eigenvalue weighted by Gasteiger charge is -2.33. The SMILES string of the molecule is O=C(CN1C(=O)C2(SCC(=O)N2c2ccc(F)cc2)c2ccccc21)Nc1ccc(F)cc1F. The molecule has 5 rings (SSSR count). The first-order valence-electron chi connectivity index (χ1n) is 10.2. The summed E-state index contributed by atoms with van der Waals surface area (Å²) in [6.07, 6.45) is 0. The van der Waals surface area contributed by atoms with Crippen molar-refractivity contribution in [1.82, 2.24) is 0 Å². The molecule has 0 saturated carbocycles. The van der Waals surface area contributed by atoms with E-state index >= 15 is 0 Å². The van der Waals surface area contributed by atoms with Crippen LogP contribution < -0.4 is 15.1 Å². The highest BCUT2D eigenvalue weighted by atomic mass is 32.2. The summed E-state index contributed by atoms with van der Waals surface area (Å²) in [4.78, 5) is 40.5. The molecule has 6 nitrogen and oxygen atoms in total. The Kier molecular flexibility index (Phi) is 5.32. The third-order valence-corrected chi connectivity index (χ3v) is 7.04. The molecule has 3 amide bonds. The predicted octanol–water partition coefficient (Wildman–Crippen LogP) is 4.02. The van der Waals surface area contributed by atoms with Gasteiger partial charge in [0.05, 0.1) is 17.1 Å². The average molecular weight is 483 g/mol. The molecule has 1 unspecified atom stereocenters. The molecular formula is C24H16F3N3O3S. The monoisotopic (exact) mass is 483 g/mol. The largest absolute Gasteiger partial charge is 0.322 e. The maximum Gasteiger partial charge on any atom is 0.269 e. The molecule has 0 aromatic heterocycles. The number of nitrogens with zero attached hydrogens (tertiary/aromatic N) is 2. The van der Waals surface area contributed by atoms with Crippen molar-refractivity contribution in [2.45, 2.75) is 4.87 Å². The van der Waals surface area contributed by atoms with Crippen LogP contribution >= 0.6 is 11.8 Å². The van der Waals surface area contributed by atoms with E-state index < -0.39 is 40.7 Å². The summed E-state index contributed by atoms with van der Waals surface area (Å²) in [7, 11) is 0. The highest BCUT2D eigenvalue weighted by Gasteiger charge is 2.61. The van der Waals surface area contributed by atoms with Gasteiger partial charge in [-0.3, -0.25) is 24.2 Å². The zero-order valence-corrected chi connectivity index (χ0v) is 18.2. The molecule has 10 heteroatoms. The van der Waals surface area contributed by atoms with Gasteiger partial charge in [-0.05, 0) is 42.5 Å². The number of benzene rings is 3. The van der Waals surface area contributed by atoms with Crippen LogP contribution in [-0.2, 0) is 19.3 Å². The fraction of sp³-hybridized carbons (Fsp3) is 0.125. The first-order valence-corrected chi connectivity index (χ1v) is 11.2. The van der Waals surface area contributed by atoms with Crippen LogP contribution in [0, 0.1) is 17.5 Å². The van der Waals surface area contributed by atoms with Crippen LogP contribution in [0.25, 0.3) is 0 Å². The van der Waals surface area contributed by atoms with Crippen molar-refractivity contribution in [3.8, 4) is 0 Å². The lowest BCUT2D eigenvalue weighted by atomic mass is 10.0. The van der Waals surface area contributed by atoms with Gasteiger partial charge in [-0.2, -0.15) is 0 Å². The Labute approximate surface area is 196 Å². The fourth-order valence-corrected chi connectivity index (χ4v) is 5.59. The van der Waals surface area contributed by atoms with E-state index in [-0.39, 0.29) is 17.3 Å². The van der Waals surface area contributed by atoms with Crippen LogP contribution in [0.15, 0.2) is 66.7 Å². The van der Waals surface area contributed by atoms with Crippen molar-refractivity contribution in [3.63, 3.8) is 0 Å². The molecule has 2 aliphatic rings. The minimum Gasteiger partial charge on any atom is -0.322 e. The van der Waals surface area contributed by atoms with E-state index in [0.717, 1.165) is 23.9 Å². The summed E-state index contributed by atoms with van der Waals surface area (Å²) in [5.41, 5.74) is 1.07. The molecule has 1 atom stereocenters. The summed E-state index contributed by atoms with van der Waals surface area (Å²) >= 11 is 1.12. The van der Waals surface area contributed by atoms with Crippen LogP contribution in [0.5, 0.6) is 0 Å². The van der Waals surface area contributed by atoms with Gasteiger partial charge in [-0.15, -0.1) is 11.8 Å². The number of carbonyl (C=O) groups is 3. The first-order chi connectivity index (χ1) is 16.3. The van der Waals surface area contributed by atoms with E-state index in [1.165, 1.54) is 34.1 Å². The molecule has 0 aliphatic carbocycles. The number of nitrogens with one attached hydrogen (secondary N) is 1. The van der Waals surface area contributed by atoms with Crippen LogP contribution in [0.3, 0.4) is 0 Å². The van der Waals surface area contributed by atoms with Crippen molar-refractivity contribution in [3.05, 3.63) is 89.7 Å². The summed E-state index contributed by atoms with van der Waals surface area (Å²) in [6, 6.07) is 14.7. The minimum atomic E-state index is -1.47. The molecule has 172 valence electrons. The quantitative estimate of drug-likeness (QED) is 0.609. The van der Waals surface area contributed by atoms with Gasteiger partial charge in [0.25, 0.3) is 5.91 Å². The molecular weight excluding hydrogens is 467 g/mol. The van der Waals surface area contributed by atoms with Crippen molar-refractivity contribution < 1.29 is 27.6 Å². The minimum absolute atomic E-state index is 0.0122. The highest BCUT2D eigenvalue weighted by molar-refractivity contribution is 8.02. The second kappa shape index (κ2) is 8.21. The summed E-state index contributed by atoms with van der Waals surface area (Å²) in [6.45, 7) is -0.458. The van der Waals surface area contributed by atoms with Gasteiger partial charge < -0.3 is 5.32 Å². The van der Waals surface area contributed by atoms with E-state index in [1.807, 2.05) is 0 Å². The van der Waals surface area contributed by atoms with Crippen LogP contribution in [-0.4, -0.2) is 30.0 Å². The summed E-state index contributed by atoms with van der Waals surface area (Å²) < 4.78 is 40.7. The maximum absolute atomic E-state index is 14.0. The van der Waals surface area contributed by atoms with E-state index in [9.17, 15) is 27.6 Å². The Hall–Kier alpha value is -3.79. The van der Waals surface area contributed by atoms with Gasteiger partial charge in [0.2, 0.25) is 16.7 Å². The van der Waals surface area contributed by atoms with Crippen molar-refractivity contribution in [1.29, 1.82) is 0 Å². The van der Waals surface area contributed by atoms with Crippen molar-refractivity contribution in [2.75, 3.05) is 27.4 Å². The first kappa shape index (κ1) is 22.0. The second-order valence-corrected chi connectivity index (χ2v) is 8.89. The molecule has 0 radical (unpaired) electrons. The smallest absolute Gasteiger partial charge is 0.269 e. The highest BCUT2D eigenvalue weighted by Crippen LogP contribution is 2.55. The molecule has 1 saturated heterocycles. The summed E-state index contributed by atoms with van der Waals surface area (Å²) in [5.74, 6) is -3.77. The number of rotatable bonds is 4. The topological polar surface area (TPSA) is 69.7 Å². The molecule has 3 aromatic carbocycles. The number of thioether (sulfide) groups is 1. The normalized spacial score (nSPS) is 19.1. The van der Waals surface area contributed by atoms with E-state index in [4.69, 9.17) is 0 Å². The number of carbonyl (C=O) groups excluding carboxylic acids is 3. The van der Waals surface area contributed by atoms with Gasteiger partial charge in [0.1, 0.15) is 24.0 Å². The maximum atomic E-state index is 14.0. The molecule has 2 aliphatic heterocycles. The fourth-order valence-electron chi connectivity index (χ4n) is 4.23. The van der Waals surface area contributed by atoms with E-state index in [2.05, 4.69) is 5.32 Å². The van der Waals surface area contributed by atoms with Crippen LogP contribution in [0.1, 0.15) is 5.56 Å². The molecule has 1 fully saturated rings. The Morgan fingerprint density at radius 3 is 2.41 bits per heavy atom. The number of hydrogen-bond donors (Lipinski definition) is 1. The third-order valence-electron chi connectivity index (χ3n) is 5.66. The number of halogens is 3. The molecule has 1 spiro atoms. The standard InChI is InChI=1S/C24H16F3N3O3S/c25-14-5-8-16(9-6-14)30-22(32)13-34-24(30)17-3-1-2-4-20(17)29(23(24)33)12-21(31)28-19-10-7-15(26)11-18(19)27/h1-11H,12-13H2,(H,28,31). The zero-order chi connectivity index (χ0) is 24.0. The number of hydrogen-bond acceptors (Lipinski definition) is 4. The molecule has 2 heterocycles. The molecule has 34 heavy (non-hydrogen) atoms. The van der Waals surface area contributed by atoms with Gasteiger partial charge in [-0.25, -0.2) is 13.2 Å². The van der Waals surface area contributed by atoms with Crippen LogP contribution in [0.2, 0.25) is 0 Å². The Balaban J connectivity index is 1.50. The van der Waals surface area contributed by atoms with Gasteiger partial charge in [0, 0.05) is 17.3 Å². The van der Waals surface area contributed by atoms with Crippen molar-refractivity contribution >= 4 is 46.5 Å². The molecule has 1 N–H and O–H groups in total. The lowest BCUT2D eigenvalue weighted by Crippen LogP contribution is -2.50. The third kappa shape index (κ3) is 3.41. The Bertz CT molecular complexity index is 1330. The molecule has 3 aromatic rings. The average Bonchev–Trinajstić information content (AvgIpc) is 3.27. The zero-order valence-electron chi connectivity index (χ0n) is 17.4. The Morgan fingerprint density at radius 1 is 0.971 bits per heavy atom. The van der Waals surface area contributed by atoms with Gasteiger partial charge in [0.15, 0.2) is 0 Å². The predicted molar refractivity (Wildman–Crippen MR) is 122 cm³/mol. The number of para-hydroxylation sites is 1. The molecule has 0 bridgehead atoms. The van der Waals surface area contributed by atoms with Gasteiger partial charge in [-0.1, -0.05) is 18.2 Å².